The van der Waals surface area contributed by atoms with Crippen molar-refractivity contribution in [2.75, 3.05) is 26.3 Å². The Hall–Kier alpha value is -1.66. The molecule has 0 bridgehead atoms. The van der Waals surface area contributed by atoms with Gasteiger partial charge in [-0.05, 0) is 18.1 Å². The van der Waals surface area contributed by atoms with Gasteiger partial charge in [-0.3, -0.25) is 9.88 Å². The minimum Gasteiger partial charge on any atom is -0.379 e. The number of nitrogens with one attached hydrogen (secondary N) is 1. The Morgan fingerprint density at radius 2 is 2.30 bits per heavy atom. The molecule has 6 nitrogen and oxygen atoms in total. The summed E-state index contributed by atoms with van der Waals surface area (Å²) in [5.41, 5.74) is 7.18. The van der Waals surface area contributed by atoms with E-state index in [0.29, 0.717) is 6.54 Å². The van der Waals surface area contributed by atoms with Crippen molar-refractivity contribution in [3.63, 3.8) is 0 Å². The maximum atomic E-state index is 10.9. The lowest BCUT2D eigenvalue weighted by molar-refractivity contribution is 0.0141. The number of amides is 2. The highest BCUT2D eigenvalue weighted by Crippen LogP contribution is 2.26. The minimum absolute atomic E-state index is 0.254. The van der Waals surface area contributed by atoms with Crippen LogP contribution in [0.25, 0.3) is 0 Å². The van der Waals surface area contributed by atoms with Crippen molar-refractivity contribution in [1.82, 2.24) is 15.2 Å². The number of hydrogen-bond acceptors (Lipinski definition) is 4. The lowest BCUT2D eigenvalue weighted by Gasteiger charge is -2.34. The van der Waals surface area contributed by atoms with E-state index in [1.165, 1.54) is 0 Å². The number of carbonyl (C=O) groups is 1. The number of nitrogens with zero attached hydrogens (tertiary/aromatic N) is 2. The normalized spacial score (nSPS) is 17.6. The molecule has 0 aliphatic carbocycles. The Balaban J connectivity index is 2.17. The summed E-state index contributed by atoms with van der Waals surface area (Å²) in [7, 11) is 0. The largest absolute Gasteiger partial charge is 0.379 e. The van der Waals surface area contributed by atoms with Gasteiger partial charge in [-0.15, -0.1) is 0 Å². The molecule has 0 radical (unpaired) electrons. The van der Waals surface area contributed by atoms with Gasteiger partial charge in [0, 0.05) is 25.8 Å². The lowest BCUT2D eigenvalue weighted by Crippen LogP contribution is -2.39. The first-order chi connectivity index (χ1) is 9.72. The summed E-state index contributed by atoms with van der Waals surface area (Å²) in [5, 5.41) is 2.64. The number of hydrogen-bond donors (Lipinski definition) is 2. The zero-order chi connectivity index (χ0) is 14.4. The Bertz CT molecular complexity index is 447. The molecule has 1 saturated heterocycles. The molecule has 1 fully saturated rings. The molecule has 1 aromatic heterocycles. The van der Waals surface area contributed by atoms with Gasteiger partial charge in [0.15, 0.2) is 0 Å². The first kappa shape index (κ1) is 14.7. The fraction of sp³-hybridized carbons (Fsp3) is 0.571. The Kier molecular flexibility index (Phi) is 5.31. The van der Waals surface area contributed by atoms with Gasteiger partial charge in [-0.25, -0.2) is 4.79 Å². The van der Waals surface area contributed by atoms with Crippen molar-refractivity contribution in [3.05, 3.63) is 29.6 Å². The van der Waals surface area contributed by atoms with E-state index in [9.17, 15) is 4.79 Å². The molecule has 6 heteroatoms. The van der Waals surface area contributed by atoms with E-state index in [4.69, 9.17) is 10.5 Å². The zero-order valence-corrected chi connectivity index (χ0v) is 11.8. The highest BCUT2D eigenvalue weighted by Gasteiger charge is 2.24. The van der Waals surface area contributed by atoms with Crippen LogP contribution in [0.4, 0.5) is 4.79 Å². The lowest BCUT2D eigenvalue weighted by atomic mass is 10.0. The average Bonchev–Trinajstić information content (AvgIpc) is 2.48. The van der Waals surface area contributed by atoms with Crippen molar-refractivity contribution in [2.24, 2.45) is 5.73 Å². The van der Waals surface area contributed by atoms with Crippen LogP contribution in [0.5, 0.6) is 0 Å². The average molecular weight is 278 g/mol. The fourth-order valence-corrected chi connectivity index (χ4v) is 2.60. The summed E-state index contributed by atoms with van der Waals surface area (Å²) in [5.74, 6) is 0. The Morgan fingerprint density at radius 1 is 1.55 bits per heavy atom. The van der Waals surface area contributed by atoms with E-state index in [1.54, 1.807) is 6.20 Å². The highest BCUT2D eigenvalue weighted by atomic mass is 16.5. The van der Waals surface area contributed by atoms with Crippen LogP contribution in [-0.2, 0) is 11.3 Å². The molecule has 1 atom stereocenters. The van der Waals surface area contributed by atoms with Gasteiger partial charge in [0.05, 0.1) is 24.9 Å². The molecule has 0 aromatic carbocycles. The predicted octanol–water partition coefficient (Wildman–Crippen LogP) is 1.03. The summed E-state index contributed by atoms with van der Waals surface area (Å²) in [6, 6.07) is 3.61. The second-order valence-electron chi connectivity index (χ2n) is 4.84. The topological polar surface area (TPSA) is 80.5 Å². The number of primary amides is 1. The maximum absolute atomic E-state index is 10.9. The summed E-state index contributed by atoms with van der Waals surface area (Å²) >= 11 is 0. The standard InChI is InChI=1S/C14H22N4O2/c1-2-12(18-6-8-20-9-7-18)13-11(4-3-5-16-13)10-17-14(15)19/h3-5,12H,2,6-10H2,1H3,(H3,15,17,19). The molecule has 1 aromatic rings. The third kappa shape index (κ3) is 3.68. The number of morpholine rings is 1. The number of nitrogens with two attached hydrogens (primary N) is 1. The molecule has 2 rings (SSSR count). The highest BCUT2D eigenvalue weighted by molar-refractivity contribution is 5.71. The van der Waals surface area contributed by atoms with Crippen LogP contribution < -0.4 is 11.1 Å². The summed E-state index contributed by atoms with van der Waals surface area (Å²) < 4.78 is 5.40. The zero-order valence-electron chi connectivity index (χ0n) is 11.8. The second-order valence-corrected chi connectivity index (χ2v) is 4.84. The molecular formula is C14H22N4O2. The molecule has 1 aliphatic heterocycles. The van der Waals surface area contributed by atoms with Crippen molar-refractivity contribution in [1.29, 1.82) is 0 Å². The van der Waals surface area contributed by atoms with Crippen LogP contribution >= 0.6 is 0 Å². The molecule has 1 aliphatic rings. The Morgan fingerprint density at radius 3 is 2.95 bits per heavy atom. The van der Waals surface area contributed by atoms with Gasteiger partial charge in [-0.1, -0.05) is 13.0 Å². The van der Waals surface area contributed by atoms with Crippen LogP contribution in [0.1, 0.15) is 30.6 Å². The van der Waals surface area contributed by atoms with Gasteiger partial charge < -0.3 is 15.8 Å². The van der Waals surface area contributed by atoms with E-state index in [0.717, 1.165) is 44.0 Å². The molecule has 110 valence electrons. The van der Waals surface area contributed by atoms with E-state index < -0.39 is 6.03 Å². The van der Waals surface area contributed by atoms with Crippen molar-refractivity contribution in [3.8, 4) is 0 Å². The molecule has 0 spiro atoms. The Labute approximate surface area is 119 Å². The van der Waals surface area contributed by atoms with Crippen LogP contribution in [-0.4, -0.2) is 42.2 Å². The van der Waals surface area contributed by atoms with E-state index in [2.05, 4.69) is 22.1 Å². The van der Waals surface area contributed by atoms with Gasteiger partial charge in [0.1, 0.15) is 0 Å². The summed E-state index contributed by atoms with van der Waals surface area (Å²) in [6.07, 6.45) is 2.77. The third-order valence-electron chi connectivity index (χ3n) is 3.57. The number of urea groups is 1. The second kappa shape index (κ2) is 7.21. The molecule has 2 amide bonds. The van der Waals surface area contributed by atoms with Crippen LogP contribution in [0.2, 0.25) is 0 Å². The van der Waals surface area contributed by atoms with E-state index in [-0.39, 0.29) is 6.04 Å². The summed E-state index contributed by atoms with van der Waals surface area (Å²) in [6.45, 7) is 5.92. The number of aromatic nitrogens is 1. The van der Waals surface area contributed by atoms with Gasteiger partial charge in [0.25, 0.3) is 0 Å². The van der Waals surface area contributed by atoms with Crippen molar-refractivity contribution < 1.29 is 9.53 Å². The minimum atomic E-state index is -0.515. The summed E-state index contributed by atoms with van der Waals surface area (Å²) in [4.78, 5) is 17.8. The fourth-order valence-electron chi connectivity index (χ4n) is 2.60. The third-order valence-corrected chi connectivity index (χ3v) is 3.57. The monoisotopic (exact) mass is 278 g/mol. The molecule has 2 heterocycles. The van der Waals surface area contributed by atoms with Crippen molar-refractivity contribution >= 4 is 6.03 Å². The van der Waals surface area contributed by atoms with Gasteiger partial charge in [-0.2, -0.15) is 0 Å². The first-order valence-electron chi connectivity index (χ1n) is 7.01. The quantitative estimate of drug-likeness (QED) is 0.843. The van der Waals surface area contributed by atoms with E-state index in [1.807, 2.05) is 12.1 Å². The molecule has 1 unspecified atom stereocenters. The molecule has 3 N–H and O–H groups in total. The predicted molar refractivity (Wildman–Crippen MR) is 76.1 cm³/mol. The first-order valence-corrected chi connectivity index (χ1v) is 7.01. The van der Waals surface area contributed by atoms with Crippen LogP contribution in [0.15, 0.2) is 18.3 Å². The maximum Gasteiger partial charge on any atom is 0.312 e. The van der Waals surface area contributed by atoms with Gasteiger partial charge in [0.2, 0.25) is 0 Å². The number of ether oxygens (including phenoxy) is 1. The number of pyridine rings is 1. The molecular weight excluding hydrogens is 256 g/mol. The van der Waals surface area contributed by atoms with Crippen molar-refractivity contribution in [2.45, 2.75) is 25.9 Å². The SMILES string of the molecule is CCC(c1ncccc1CNC(N)=O)N1CCOCC1. The number of carbonyl (C=O) groups excluding carboxylic acids is 1. The molecule has 0 saturated carbocycles. The smallest absolute Gasteiger partial charge is 0.312 e. The van der Waals surface area contributed by atoms with E-state index >= 15 is 0 Å². The van der Waals surface area contributed by atoms with Crippen LogP contribution in [0.3, 0.4) is 0 Å². The molecule has 20 heavy (non-hydrogen) atoms. The van der Waals surface area contributed by atoms with Gasteiger partial charge >= 0.3 is 6.03 Å². The van der Waals surface area contributed by atoms with Crippen LogP contribution in [0, 0.1) is 0 Å². The number of rotatable bonds is 5.